The number of hydrogen-bond donors (Lipinski definition) is 0. The molecular formula is C18H11F3OSe. The summed E-state index contributed by atoms with van der Waals surface area (Å²) >= 11 is -0.169. The van der Waals surface area contributed by atoms with E-state index in [0.29, 0.717) is 11.1 Å². The van der Waals surface area contributed by atoms with Crippen molar-refractivity contribution in [1.82, 2.24) is 0 Å². The average Bonchev–Trinajstić information content (AvgIpc) is 2.70. The van der Waals surface area contributed by atoms with Gasteiger partial charge in [-0.2, -0.15) is 0 Å². The second-order valence-electron chi connectivity index (χ2n) is 4.90. The summed E-state index contributed by atoms with van der Waals surface area (Å²) in [6.45, 7) is 0. The second kappa shape index (κ2) is 6.19. The van der Waals surface area contributed by atoms with Crippen LogP contribution < -0.4 is 8.92 Å². The fraction of sp³-hybridized carbons (Fsp3) is 0.0556. The van der Waals surface area contributed by atoms with Crippen molar-refractivity contribution in [3.8, 4) is 11.1 Å². The summed E-state index contributed by atoms with van der Waals surface area (Å²) in [6, 6.07) is 19.4. The molecule has 1 nitrogen and oxygen atoms in total. The topological polar surface area (TPSA) is 17.1 Å². The van der Waals surface area contributed by atoms with Gasteiger partial charge in [0.2, 0.25) is 0 Å². The maximum absolute atomic E-state index is 12.8. The first-order chi connectivity index (χ1) is 11.0. The molecule has 0 unspecified atom stereocenters. The molecule has 0 N–H and O–H groups in total. The molecule has 3 rings (SSSR count). The van der Waals surface area contributed by atoms with E-state index in [1.807, 2.05) is 30.3 Å². The second-order valence-corrected chi connectivity index (χ2v) is 7.24. The summed E-state index contributed by atoms with van der Waals surface area (Å²) in [7, 11) is 0. The summed E-state index contributed by atoms with van der Waals surface area (Å²) in [4.78, 5) is 11.7. The molecule has 116 valence electrons. The van der Waals surface area contributed by atoms with Crippen LogP contribution in [0.25, 0.3) is 11.1 Å². The summed E-state index contributed by atoms with van der Waals surface area (Å²) < 4.78 is 40.4. The number of halogens is 3. The van der Waals surface area contributed by atoms with E-state index in [0.717, 1.165) is 8.92 Å². The fourth-order valence-corrected chi connectivity index (χ4v) is 4.45. The molecule has 5 heteroatoms. The number of rotatable bonds is 3. The van der Waals surface area contributed by atoms with Crippen LogP contribution in [0.3, 0.4) is 0 Å². The van der Waals surface area contributed by atoms with E-state index < -0.39 is 12.0 Å². The van der Waals surface area contributed by atoms with Crippen LogP contribution in [0.1, 0.15) is 10.4 Å². The summed E-state index contributed by atoms with van der Waals surface area (Å²) in [5, 5.41) is 0. The third-order valence-corrected chi connectivity index (χ3v) is 5.58. The van der Waals surface area contributed by atoms with E-state index in [1.54, 1.807) is 30.3 Å². The van der Waals surface area contributed by atoms with Crippen LogP contribution in [0.2, 0.25) is 0 Å². The Balaban J connectivity index is 2.11. The molecule has 0 saturated carbocycles. The van der Waals surface area contributed by atoms with Crippen LogP contribution in [0.4, 0.5) is 13.2 Å². The number of fused-ring (bicyclic) bond motifs is 1. The SMILES string of the molecule is O=C(c1cc([Se]c2ccccc2)c2cccccc1-2)C(F)(F)F. The van der Waals surface area contributed by atoms with Crippen molar-refractivity contribution in [2.45, 2.75) is 6.18 Å². The molecule has 0 heterocycles. The van der Waals surface area contributed by atoms with Gasteiger partial charge in [-0.1, -0.05) is 0 Å². The molecule has 0 aliphatic heterocycles. The van der Waals surface area contributed by atoms with Gasteiger partial charge in [-0.15, -0.1) is 0 Å². The Morgan fingerprint density at radius 3 is 2.00 bits per heavy atom. The standard InChI is InChI=1S/C18H11F3OSe/c19-18(20,21)17(22)15-11-16(23-12-7-3-1-4-8-12)14-10-6-2-5-9-13(14)15/h1-11H. The monoisotopic (exact) mass is 380 g/mol. The van der Waals surface area contributed by atoms with Crippen molar-refractivity contribution in [2.24, 2.45) is 0 Å². The molecule has 0 radical (unpaired) electrons. The summed E-state index contributed by atoms with van der Waals surface area (Å²) in [5.74, 6) is -1.79. The van der Waals surface area contributed by atoms with E-state index in [1.165, 1.54) is 6.07 Å². The van der Waals surface area contributed by atoms with Crippen molar-refractivity contribution < 1.29 is 18.0 Å². The molecule has 2 aliphatic rings. The molecule has 2 aliphatic carbocycles. The van der Waals surface area contributed by atoms with Crippen molar-refractivity contribution in [3.63, 3.8) is 0 Å². The van der Waals surface area contributed by atoms with E-state index >= 15 is 0 Å². The fourth-order valence-electron chi connectivity index (χ4n) is 2.32. The number of alkyl halides is 3. The van der Waals surface area contributed by atoms with Gasteiger partial charge < -0.3 is 0 Å². The zero-order valence-electron chi connectivity index (χ0n) is 11.8. The predicted octanol–water partition coefficient (Wildman–Crippen LogP) is 3.19. The molecular weight excluding hydrogens is 368 g/mol. The van der Waals surface area contributed by atoms with Crippen LogP contribution in [0.15, 0.2) is 66.7 Å². The molecule has 1 aromatic carbocycles. The van der Waals surface area contributed by atoms with Crippen molar-refractivity contribution in [3.05, 3.63) is 72.3 Å². The number of carbonyl (C=O) groups excluding carboxylic acids is 1. The number of ketones is 1. The molecule has 0 amide bonds. The van der Waals surface area contributed by atoms with Crippen LogP contribution in [-0.4, -0.2) is 26.9 Å². The van der Waals surface area contributed by atoms with Gasteiger partial charge in [-0.3, -0.25) is 0 Å². The minimum absolute atomic E-state index is 0.169. The first-order valence-electron chi connectivity index (χ1n) is 6.83. The Labute approximate surface area is 137 Å². The van der Waals surface area contributed by atoms with E-state index in [-0.39, 0.29) is 20.5 Å². The maximum atomic E-state index is 12.8. The van der Waals surface area contributed by atoms with Gasteiger partial charge in [-0.25, -0.2) is 0 Å². The average molecular weight is 379 g/mol. The van der Waals surface area contributed by atoms with Gasteiger partial charge in [0.1, 0.15) is 0 Å². The molecule has 0 atom stereocenters. The Bertz CT molecular complexity index is 812. The molecule has 23 heavy (non-hydrogen) atoms. The predicted molar refractivity (Wildman–Crippen MR) is 84.9 cm³/mol. The van der Waals surface area contributed by atoms with Gasteiger partial charge in [0, 0.05) is 0 Å². The van der Waals surface area contributed by atoms with Crippen molar-refractivity contribution in [1.29, 1.82) is 0 Å². The van der Waals surface area contributed by atoms with Crippen molar-refractivity contribution >= 4 is 29.7 Å². The molecule has 0 spiro atoms. The van der Waals surface area contributed by atoms with Crippen LogP contribution >= 0.6 is 0 Å². The van der Waals surface area contributed by atoms with Crippen LogP contribution in [0.5, 0.6) is 0 Å². The van der Waals surface area contributed by atoms with Gasteiger partial charge >= 0.3 is 137 Å². The summed E-state index contributed by atoms with van der Waals surface area (Å²) in [5.41, 5.74) is 0.785. The Kier molecular flexibility index (Phi) is 4.24. The number of hydrogen-bond acceptors (Lipinski definition) is 1. The molecule has 1 aromatic rings. The normalized spacial score (nSPS) is 11.6. The number of benzene rings is 1. The quantitative estimate of drug-likeness (QED) is 0.505. The Morgan fingerprint density at radius 1 is 0.826 bits per heavy atom. The molecule has 0 bridgehead atoms. The Hall–Kier alpha value is -2.10. The van der Waals surface area contributed by atoms with E-state index in [2.05, 4.69) is 0 Å². The molecule has 0 aromatic heterocycles. The van der Waals surface area contributed by atoms with Crippen LogP contribution in [0, 0.1) is 0 Å². The first kappa shape index (κ1) is 15.8. The number of Topliss-reactive ketones (excluding diaryl/α,β-unsaturated/α-hetero) is 1. The summed E-state index contributed by atoms with van der Waals surface area (Å²) in [6.07, 6.45) is -4.87. The van der Waals surface area contributed by atoms with Crippen LogP contribution in [-0.2, 0) is 0 Å². The third kappa shape index (κ3) is 3.31. The molecule has 0 saturated heterocycles. The Morgan fingerprint density at radius 2 is 1.39 bits per heavy atom. The zero-order chi connectivity index (χ0) is 16.4. The zero-order valence-corrected chi connectivity index (χ0v) is 13.5. The van der Waals surface area contributed by atoms with E-state index in [9.17, 15) is 18.0 Å². The third-order valence-electron chi connectivity index (χ3n) is 3.34. The molecule has 0 fully saturated rings. The van der Waals surface area contributed by atoms with Gasteiger partial charge in [0.05, 0.1) is 0 Å². The van der Waals surface area contributed by atoms with Gasteiger partial charge in [0.15, 0.2) is 0 Å². The van der Waals surface area contributed by atoms with Gasteiger partial charge in [0.25, 0.3) is 0 Å². The van der Waals surface area contributed by atoms with Gasteiger partial charge in [-0.05, 0) is 0 Å². The first-order valence-corrected chi connectivity index (χ1v) is 8.54. The van der Waals surface area contributed by atoms with E-state index in [4.69, 9.17) is 0 Å². The van der Waals surface area contributed by atoms with Crippen molar-refractivity contribution in [2.75, 3.05) is 0 Å². The number of carbonyl (C=O) groups is 1. The minimum atomic E-state index is -4.87.